The lowest BCUT2D eigenvalue weighted by molar-refractivity contribution is 0.233. The lowest BCUT2D eigenvalue weighted by Gasteiger charge is -2.38. The smallest absolute Gasteiger partial charge is 0.245 e. The minimum absolute atomic E-state index is 0.418. The predicted molar refractivity (Wildman–Crippen MR) is 95.5 cm³/mol. The number of likely N-dealkylation sites (N-methyl/N-ethyl adjacent to an activating group) is 1. The van der Waals surface area contributed by atoms with Crippen LogP contribution < -0.4 is 10.2 Å². The zero-order valence-electron chi connectivity index (χ0n) is 14.4. The van der Waals surface area contributed by atoms with Gasteiger partial charge in [-0.25, -0.2) is 14.6 Å². The highest BCUT2D eigenvalue weighted by Crippen LogP contribution is 2.26. The number of fused-ring (bicyclic) bond motifs is 1. The molecule has 130 valence electrons. The van der Waals surface area contributed by atoms with Crippen LogP contribution in [0.15, 0.2) is 35.0 Å². The van der Waals surface area contributed by atoms with Crippen LogP contribution in [0.2, 0.25) is 0 Å². The van der Waals surface area contributed by atoms with Crippen molar-refractivity contribution < 1.29 is 4.63 Å². The van der Waals surface area contributed by atoms with Crippen LogP contribution in [-0.4, -0.2) is 57.9 Å². The summed E-state index contributed by atoms with van der Waals surface area (Å²) in [6.45, 7) is 5.65. The monoisotopic (exact) mass is 339 g/mol. The number of nitrogens with one attached hydrogen (secondary N) is 1. The Bertz CT molecular complexity index is 851. The number of nitrogens with zero attached hydrogens (tertiary/aromatic N) is 6. The summed E-state index contributed by atoms with van der Waals surface area (Å²) >= 11 is 0. The molecule has 1 N–H and O–H groups in total. The summed E-state index contributed by atoms with van der Waals surface area (Å²) in [6, 6.07) is 10.7. The molecule has 1 atom stereocenters. The summed E-state index contributed by atoms with van der Waals surface area (Å²) < 4.78 is 4.78. The molecule has 0 bridgehead atoms. The maximum Gasteiger partial charge on any atom is 0.245 e. The van der Waals surface area contributed by atoms with Crippen LogP contribution in [0.5, 0.6) is 0 Å². The van der Waals surface area contributed by atoms with Crippen molar-refractivity contribution in [2.75, 3.05) is 36.9 Å². The zero-order valence-corrected chi connectivity index (χ0v) is 14.4. The Balaban J connectivity index is 1.64. The second-order valence-electron chi connectivity index (χ2n) is 6.42. The van der Waals surface area contributed by atoms with Gasteiger partial charge in [0.05, 0.1) is 0 Å². The Labute approximate surface area is 145 Å². The van der Waals surface area contributed by atoms with Crippen molar-refractivity contribution in [3.8, 4) is 0 Å². The molecule has 3 aromatic rings. The molecule has 2 aromatic heterocycles. The van der Waals surface area contributed by atoms with E-state index in [1.807, 2.05) is 18.2 Å². The molecule has 0 unspecified atom stereocenters. The number of aromatic nitrogens is 4. The molecule has 1 aromatic carbocycles. The van der Waals surface area contributed by atoms with E-state index >= 15 is 0 Å². The van der Waals surface area contributed by atoms with E-state index in [2.05, 4.69) is 61.5 Å². The molecular formula is C17H21N7O. The fraction of sp³-hybridized carbons (Fsp3) is 0.412. The SMILES string of the molecule is C[C@@H]1CN(c2nc3nonc3nc2NCc2ccccc2)CCN1C. The highest BCUT2D eigenvalue weighted by Gasteiger charge is 2.25. The van der Waals surface area contributed by atoms with Gasteiger partial charge in [0.1, 0.15) is 0 Å². The van der Waals surface area contributed by atoms with Gasteiger partial charge in [-0.1, -0.05) is 30.3 Å². The topological polar surface area (TPSA) is 83.2 Å². The lowest BCUT2D eigenvalue weighted by Crippen LogP contribution is -2.50. The fourth-order valence-corrected chi connectivity index (χ4v) is 2.99. The summed E-state index contributed by atoms with van der Waals surface area (Å²) in [5, 5.41) is 11.1. The first-order valence-corrected chi connectivity index (χ1v) is 8.44. The molecule has 3 heterocycles. The van der Waals surface area contributed by atoms with Gasteiger partial charge in [0.2, 0.25) is 11.3 Å². The number of anilines is 2. The van der Waals surface area contributed by atoms with E-state index in [1.54, 1.807) is 0 Å². The number of hydrogen-bond acceptors (Lipinski definition) is 8. The van der Waals surface area contributed by atoms with Crippen LogP contribution in [0.1, 0.15) is 12.5 Å². The van der Waals surface area contributed by atoms with Gasteiger partial charge >= 0.3 is 0 Å². The normalized spacial score (nSPS) is 18.6. The molecule has 0 aliphatic carbocycles. The van der Waals surface area contributed by atoms with Gasteiger partial charge in [-0.15, -0.1) is 0 Å². The van der Waals surface area contributed by atoms with E-state index in [4.69, 9.17) is 4.63 Å². The lowest BCUT2D eigenvalue weighted by atomic mass is 10.2. The summed E-state index contributed by atoms with van der Waals surface area (Å²) in [5.41, 5.74) is 2.04. The average Bonchev–Trinajstić information content (AvgIpc) is 3.10. The minimum atomic E-state index is 0.418. The quantitative estimate of drug-likeness (QED) is 0.770. The van der Waals surface area contributed by atoms with Crippen molar-refractivity contribution in [3.05, 3.63) is 35.9 Å². The molecule has 1 aliphatic heterocycles. The first-order chi connectivity index (χ1) is 12.2. The Hall–Kier alpha value is -2.74. The highest BCUT2D eigenvalue weighted by molar-refractivity contribution is 5.74. The van der Waals surface area contributed by atoms with Crippen molar-refractivity contribution >= 4 is 22.9 Å². The van der Waals surface area contributed by atoms with Gasteiger partial charge in [-0.2, -0.15) is 0 Å². The number of rotatable bonds is 4. The molecule has 8 nitrogen and oxygen atoms in total. The van der Waals surface area contributed by atoms with Crippen molar-refractivity contribution in [1.29, 1.82) is 0 Å². The molecule has 1 fully saturated rings. The molecule has 0 amide bonds. The molecule has 1 aliphatic rings. The Morgan fingerprint density at radius 3 is 2.64 bits per heavy atom. The first kappa shape index (κ1) is 15.8. The van der Waals surface area contributed by atoms with Crippen LogP contribution in [0.25, 0.3) is 11.3 Å². The van der Waals surface area contributed by atoms with Crippen LogP contribution in [0, 0.1) is 0 Å². The van der Waals surface area contributed by atoms with Crippen molar-refractivity contribution in [2.45, 2.75) is 19.5 Å². The maximum atomic E-state index is 4.78. The molecule has 1 saturated heterocycles. The second kappa shape index (κ2) is 6.64. The third-order valence-electron chi connectivity index (χ3n) is 4.66. The fourth-order valence-electron chi connectivity index (χ4n) is 2.99. The number of hydrogen-bond donors (Lipinski definition) is 1. The highest BCUT2D eigenvalue weighted by atomic mass is 16.6. The van der Waals surface area contributed by atoms with Crippen LogP contribution in [0.4, 0.5) is 11.6 Å². The third-order valence-corrected chi connectivity index (χ3v) is 4.66. The van der Waals surface area contributed by atoms with Gasteiger partial charge < -0.3 is 15.1 Å². The zero-order chi connectivity index (χ0) is 17.2. The number of piperazine rings is 1. The van der Waals surface area contributed by atoms with Gasteiger partial charge in [0, 0.05) is 32.2 Å². The first-order valence-electron chi connectivity index (χ1n) is 8.44. The Kier molecular flexibility index (Phi) is 4.19. The van der Waals surface area contributed by atoms with E-state index < -0.39 is 0 Å². The maximum absolute atomic E-state index is 4.78. The van der Waals surface area contributed by atoms with Gasteiger partial charge in [-0.05, 0) is 29.8 Å². The Morgan fingerprint density at radius 2 is 1.88 bits per heavy atom. The summed E-state index contributed by atoms with van der Waals surface area (Å²) in [4.78, 5) is 13.8. The molecule has 8 heteroatoms. The molecule has 0 radical (unpaired) electrons. The van der Waals surface area contributed by atoms with E-state index in [0.29, 0.717) is 29.7 Å². The third kappa shape index (κ3) is 3.25. The second-order valence-corrected chi connectivity index (χ2v) is 6.42. The molecule has 25 heavy (non-hydrogen) atoms. The van der Waals surface area contributed by atoms with Gasteiger partial charge in [0.25, 0.3) is 0 Å². The van der Waals surface area contributed by atoms with Crippen LogP contribution >= 0.6 is 0 Å². The average molecular weight is 339 g/mol. The summed E-state index contributed by atoms with van der Waals surface area (Å²) in [5.74, 6) is 1.52. The van der Waals surface area contributed by atoms with E-state index in [1.165, 1.54) is 5.56 Å². The number of benzene rings is 1. The summed E-state index contributed by atoms with van der Waals surface area (Å²) in [6.07, 6.45) is 0. The standard InChI is InChI=1S/C17H21N7O/c1-12-11-24(9-8-23(12)2)17-16(18-10-13-6-4-3-5-7-13)19-14-15(20-17)22-25-21-14/h3-7,12H,8-11H2,1-2H3,(H,18,19,21)/t12-/m1/s1. The van der Waals surface area contributed by atoms with Crippen molar-refractivity contribution in [3.63, 3.8) is 0 Å². The Morgan fingerprint density at radius 1 is 1.12 bits per heavy atom. The summed E-state index contributed by atoms with van der Waals surface area (Å²) in [7, 11) is 2.15. The van der Waals surface area contributed by atoms with E-state index in [9.17, 15) is 0 Å². The minimum Gasteiger partial charge on any atom is -0.363 e. The van der Waals surface area contributed by atoms with Crippen molar-refractivity contribution in [2.24, 2.45) is 0 Å². The molecule has 0 saturated carbocycles. The van der Waals surface area contributed by atoms with E-state index in [-0.39, 0.29) is 0 Å². The van der Waals surface area contributed by atoms with Crippen molar-refractivity contribution in [1.82, 2.24) is 25.2 Å². The van der Waals surface area contributed by atoms with Crippen LogP contribution in [0.3, 0.4) is 0 Å². The van der Waals surface area contributed by atoms with Crippen LogP contribution in [-0.2, 0) is 6.54 Å². The van der Waals surface area contributed by atoms with Gasteiger partial charge in [-0.3, -0.25) is 0 Å². The predicted octanol–water partition coefficient (Wildman–Crippen LogP) is 1.77. The van der Waals surface area contributed by atoms with E-state index in [0.717, 1.165) is 25.5 Å². The molecular weight excluding hydrogens is 318 g/mol. The largest absolute Gasteiger partial charge is 0.363 e. The van der Waals surface area contributed by atoms with Gasteiger partial charge in [0.15, 0.2) is 11.6 Å². The molecule has 4 rings (SSSR count). The molecule has 0 spiro atoms.